The second kappa shape index (κ2) is 9.86. The molecular weight excluding hydrogens is 372 g/mol. The molecule has 0 fully saturated rings. The molecule has 0 heterocycles. The topological polar surface area (TPSA) is 38.3 Å². The van der Waals surface area contributed by atoms with E-state index in [0.29, 0.717) is 11.3 Å². The molecule has 0 unspecified atom stereocenters. The van der Waals surface area contributed by atoms with Crippen LogP contribution >= 0.6 is 0 Å². The van der Waals surface area contributed by atoms with Crippen LogP contribution in [-0.4, -0.2) is 12.5 Å². The maximum Gasteiger partial charge on any atom is 0.387 e. The van der Waals surface area contributed by atoms with Crippen LogP contribution in [0, 0.1) is 11.8 Å². The lowest BCUT2D eigenvalue weighted by Gasteiger charge is -2.04. The van der Waals surface area contributed by atoms with E-state index in [0.717, 1.165) is 11.1 Å². The summed E-state index contributed by atoms with van der Waals surface area (Å²) in [6.45, 7) is -2.87. The number of amides is 1. The Morgan fingerprint density at radius 1 is 0.897 bits per heavy atom. The van der Waals surface area contributed by atoms with Gasteiger partial charge in [0.15, 0.2) is 0 Å². The summed E-state index contributed by atoms with van der Waals surface area (Å²) in [6.07, 6.45) is 2.95. The van der Waals surface area contributed by atoms with E-state index >= 15 is 0 Å². The van der Waals surface area contributed by atoms with Crippen LogP contribution in [0.15, 0.2) is 84.9 Å². The predicted octanol–water partition coefficient (Wildman–Crippen LogP) is 5.34. The number of halogens is 2. The molecule has 5 heteroatoms. The molecule has 144 valence electrons. The summed E-state index contributed by atoms with van der Waals surface area (Å²) in [6, 6.07) is 22.9. The highest BCUT2D eigenvalue weighted by Crippen LogP contribution is 2.16. The number of nitrogens with one attached hydrogen (secondary N) is 1. The van der Waals surface area contributed by atoms with Gasteiger partial charge < -0.3 is 10.1 Å². The van der Waals surface area contributed by atoms with Crippen molar-refractivity contribution in [2.75, 3.05) is 5.32 Å². The van der Waals surface area contributed by atoms with E-state index in [4.69, 9.17) is 0 Å². The molecule has 3 rings (SSSR count). The molecule has 3 aromatic rings. The second-order valence-electron chi connectivity index (χ2n) is 5.97. The minimum absolute atomic E-state index is 0.0648. The summed E-state index contributed by atoms with van der Waals surface area (Å²) >= 11 is 0. The molecule has 3 nitrogen and oxygen atoms in total. The SMILES string of the molecule is O=C(/C=C/c1ccc(OC(F)F)cc1)Nc1cccc(C#Cc2ccccc2)c1. The third-order valence-electron chi connectivity index (χ3n) is 3.79. The van der Waals surface area contributed by atoms with Crippen molar-refractivity contribution in [3.05, 3.63) is 102 Å². The molecule has 1 N–H and O–H groups in total. The molecule has 0 aliphatic heterocycles. The lowest BCUT2D eigenvalue weighted by molar-refractivity contribution is -0.111. The van der Waals surface area contributed by atoms with Crippen LogP contribution in [0.1, 0.15) is 16.7 Å². The van der Waals surface area contributed by atoms with Crippen molar-refractivity contribution in [2.24, 2.45) is 0 Å². The van der Waals surface area contributed by atoms with Crippen molar-refractivity contribution in [2.45, 2.75) is 6.61 Å². The number of hydrogen-bond donors (Lipinski definition) is 1. The molecule has 0 saturated carbocycles. The van der Waals surface area contributed by atoms with Gasteiger partial charge in [0.2, 0.25) is 5.91 Å². The Labute approximate surface area is 167 Å². The summed E-state index contributed by atoms with van der Waals surface area (Å²) in [5, 5.41) is 2.77. The first kappa shape index (κ1) is 19.8. The van der Waals surface area contributed by atoms with Gasteiger partial charge in [0.25, 0.3) is 0 Å². The zero-order valence-corrected chi connectivity index (χ0v) is 15.3. The zero-order valence-electron chi connectivity index (χ0n) is 15.3. The van der Waals surface area contributed by atoms with Gasteiger partial charge in [-0.1, -0.05) is 48.2 Å². The highest BCUT2D eigenvalue weighted by atomic mass is 19.3. The average Bonchev–Trinajstić information content (AvgIpc) is 2.72. The fraction of sp³-hybridized carbons (Fsp3) is 0.0417. The van der Waals surface area contributed by atoms with E-state index in [1.165, 1.54) is 18.2 Å². The van der Waals surface area contributed by atoms with E-state index in [1.807, 2.05) is 42.5 Å². The Morgan fingerprint density at radius 3 is 2.31 bits per heavy atom. The first-order chi connectivity index (χ1) is 14.1. The molecular formula is C24H17F2NO2. The monoisotopic (exact) mass is 389 g/mol. The van der Waals surface area contributed by atoms with E-state index in [9.17, 15) is 13.6 Å². The van der Waals surface area contributed by atoms with Crippen LogP contribution in [0.5, 0.6) is 5.75 Å². The van der Waals surface area contributed by atoms with Gasteiger partial charge in [-0.25, -0.2) is 0 Å². The van der Waals surface area contributed by atoms with Gasteiger partial charge in [-0.3, -0.25) is 4.79 Å². The Morgan fingerprint density at radius 2 is 1.59 bits per heavy atom. The first-order valence-electron chi connectivity index (χ1n) is 8.79. The molecule has 0 aliphatic carbocycles. The van der Waals surface area contributed by atoms with E-state index in [-0.39, 0.29) is 11.7 Å². The van der Waals surface area contributed by atoms with Crippen LogP contribution in [0.2, 0.25) is 0 Å². The third kappa shape index (κ3) is 6.64. The quantitative estimate of drug-likeness (QED) is 0.473. The molecule has 0 radical (unpaired) electrons. The highest BCUT2D eigenvalue weighted by molar-refractivity contribution is 6.02. The van der Waals surface area contributed by atoms with Gasteiger partial charge in [-0.2, -0.15) is 8.78 Å². The molecule has 0 bridgehead atoms. The van der Waals surface area contributed by atoms with Crippen LogP contribution < -0.4 is 10.1 Å². The number of hydrogen-bond acceptors (Lipinski definition) is 2. The number of carbonyl (C=O) groups is 1. The largest absolute Gasteiger partial charge is 0.435 e. The van der Waals surface area contributed by atoms with Crippen molar-refractivity contribution in [3.8, 4) is 17.6 Å². The number of benzene rings is 3. The molecule has 29 heavy (non-hydrogen) atoms. The molecule has 0 atom stereocenters. The third-order valence-corrected chi connectivity index (χ3v) is 3.79. The maximum atomic E-state index is 12.1. The standard InChI is InChI=1S/C24H17F2NO2/c25-24(26)29-22-14-11-19(12-15-22)13-16-23(28)27-21-8-4-7-20(17-21)10-9-18-5-2-1-3-6-18/h1-8,11-17,24H,(H,27,28)/b16-13+. The van der Waals surface area contributed by atoms with Gasteiger partial charge in [-0.05, 0) is 54.1 Å². The lowest BCUT2D eigenvalue weighted by atomic mass is 10.1. The number of alkyl halides is 2. The van der Waals surface area contributed by atoms with Crippen molar-refractivity contribution in [3.63, 3.8) is 0 Å². The second-order valence-corrected chi connectivity index (χ2v) is 5.97. The maximum absolute atomic E-state index is 12.1. The highest BCUT2D eigenvalue weighted by Gasteiger charge is 2.03. The molecule has 1 amide bonds. The van der Waals surface area contributed by atoms with Crippen LogP contribution in [0.4, 0.5) is 14.5 Å². The fourth-order valence-corrected chi connectivity index (χ4v) is 2.46. The lowest BCUT2D eigenvalue weighted by Crippen LogP contribution is -2.07. The van der Waals surface area contributed by atoms with Crippen molar-refractivity contribution in [1.29, 1.82) is 0 Å². The average molecular weight is 389 g/mol. The van der Waals surface area contributed by atoms with E-state index in [2.05, 4.69) is 21.9 Å². The van der Waals surface area contributed by atoms with Crippen LogP contribution in [0.25, 0.3) is 6.08 Å². The molecule has 0 aromatic heterocycles. The summed E-state index contributed by atoms with van der Waals surface area (Å²) in [5.74, 6) is 5.89. The fourth-order valence-electron chi connectivity index (χ4n) is 2.46. The minimum Gasteiger partial charge on any atom is -0.435 e. The number of rotatable bonds is 5. The summed E-state index contributed by atoms with van der Waals surface area (Å²) < 4.78 is 28.6. The molecule has 3 aromatic carbocycles. The van der Waals surface area contributed by atoms with Crippen molar-refractivity contribution >= 4 is 17.7 Å². The number of anilines is 1. The van der Waals surface area contributed by atoms with Gasteiger partial charge in [0.05, 0.1) is 0 Å². The number of ether oxygens (including phenoxy) is 1. The number of carbonyl (C=O) groups excluding carboxylic acids is 1. The molecule has 0 spiro atoms. The van der Waals surface area contributed by atoms with Crippen LogP contribution in [-0.2, 0) is 4.79 Å². The van der Waals surface area contributed by atoms with Gasteiger partial charge in [0, 0.05) is 22.9 Å². The van der Waals surface area contributed by atoms with E-state index < -0.39 is 6.61 Å². The normalized spacial score (nSPS) is 10.4. The smallest absolute Gasteiger partial charge is 0.387 e. The van der Waals surface area contributed by atoms with E-state index in [1.54, 1.807) is 30.3 Å². The Kier molecular flexibility index (Phi) is 6.75. The Balaban J connectivity index is 1.60. The Hall–Kier alpha value is -3.91. The van der Waals surface area contributed by atoms with Gasteiger partial charge in [-0.15, -0.1) is 0 Å². The zero-order chi connectivity index (χ0) is 20.5. The predicted molar refractivity (Wildman–Crippen MR) is 110 cm³/mol. The van der Waals surface area contributed by atoms with Gasteiger partial charge in [0.1, 0.15) is 5.75 Å². The minimum atomic E-state index is -2.87. The first-order valence-corrected chi connectivity index (χ1v) is 8.79. The summed E-state index contributed by atoms with van der Waals surface area (Å²) in [5.41, 5.74) is 3.00. The Bertz CT molecular complexity index is 1050. The van der Waals surface area contributed by atoms with Gasteiger partial charge >= 0.3 is 6.61 Å². The van der Waals surface area contributed by atoms with Crippen LogP contribution in [0.3, 0.4) is 0 Å². The van der Waals surface area contributed by atoms with Crippen molar-refractivity contribution < 1.29 is 18.3 Å². The molecule has 0 aliphatic rings. The molecule has 0 saturated heterocycles. The summed E-state index contributed by atoms with van der Waals surface area (Å²) in [4.78, 5) is 12.1. The van der Waals surface area contributed by atoms with Crippen molar-refractivity contribution in [1.82, 2.24) is 0 Å². The summed E-state index contributed by atoms with van der Waals surface area (Å²) in [7, 11) is 0.